The molecule has 1 unspecified atom stereocenters. The lowest BCUT2D eigenvalue weighted by atomic mass is 10.1. The number of nitrogens with two attached hydrogens (primary N) is 1. The number of anilines is 1. The summed E-state index contributed by atoms with van der Waals surface area (Å²) >= 11 is 5.93. The molecule has 1 aromatic heterocycles. The zero-order chi connectivity index (χ0) is 21.1. The van der Waals surface area contributed by atoms with E-state index < -0.39 is 66.8 Å². The molecule has 12 nitrogen and oxygen atoms in total. The van der Waals surface area contributed by atoms with E-state index in [1.165, 1.54) is 0 Å². The minimum absolute atomic E-state index is 0.0184. The molecule has 3 aliphatic rings. The van der Waals surface area contributed by atoms with Gasteiger partial charge in [-0.3, -0.25) is 0 Å². The van der Waals surface area contributed by atoms with Crippen molar-refractivity contribution in [3.63, 3.8) is 0 Å². The maximum atomic E-state index is 15.1. The van der Waals surface area contributed by atoms with Gasteiger partial charge in [0.2, 0.25) is 30.2 Å². The number of aliphatic hydroxyl groups excluding tert-OH is 5. The molecular formula is C15H20ClFN5O7+. The average molecular weight is 437 g/mol. The normalized spacial score (nSPS) is 43.8. The molecule has 4 heterocycles. The minimum Gasteiger partial charge on any atom is -0.394 e. The average Bonchev–Trinajstić information content (AvgIpc) is 3.30. The van der Waals surface area contributed by atoms with E-state index in [0.29, 0.717) is 0 Å². The van der Waals surface area contributed by atoms with Crippen LogP contribution in [0.1, 0.15) is 0 Å². The summed E-state index contributed by atoms with van der Waals surface area (Å²) in [6.45, 7) is -1.30. The number of nitrogens with zero attached hydrogens (tertiary/aromatic N) is 4. The molecule has 9 atom stereocenters. The summed E-state index contributed by atoms with van der Waals surface area (Å²) in [7, 11) is 0. The van der Waals surface area contributed by atoms with Crippen molar-refractivity contribution in [1.29, 1.82) is 0 Å². The van der Waals surface area contributed by atoms with E-state index in [9.17, 15) is 25.5 Å². The Morgan fingerprint density at radius 2 is 1.66 bits per heavy atom. The van der Waals surface area contributed by atoms with Crippen molar-refractivity contribution >= 4 is 35.3 Å². The molecule has 160 valence electrons. The first-order valence-corrected chi connectivity index (χ1v) is 9.11. The Kier molecular flexibility index (Phi) is 5.21. The van der Waals surface area contributed by atoms with E-state index in [2.05, 4.69) is 15.0 Å². The molecule has 7 N–H and O–H groups in total. The van der Waals surface area contributed by atoms with Gasteiger partial charge in [-0.15, -0.1) is 0 Å². The summed E-state index contributed by atoms with van der Waals surface area (Å²) in [4.78, 5) is 12.0. The Hall–Kier alpha value is -1.55. The van der Waals surface area contributed by atoms with Crippen LogP contribution in [0.25, 0.3) is 0 Å². The zero-order valence-electron chi connectivity index (χ0n) is 14.8. The van der Waals surface area contributed by atoms with Gasteiger partial charge in [0.15, 0.2) is 17.6 Å². The highest BCUT2D eigenvalue weighted by molar-refractivity contribution is 6.28. The quantitative estimate of drug-likeness (QED) is 0.218. The van der Waals surface area contributed by atoms with Crippen LogP contribution in [-0.2, 0) is 9.47 Å². The molecule has 0 aromatic carbocycles. The van der Waals surface area contributed by atoms with Crippen molar-refractivity contribution in [2.75, 3.05) is 18.9 Å². The van der Waals surface area contributed by atoms with Crippen LogP contribution in [0.3, 0.4) is 0 Å². The van der Waals surface area contributed by atoms with Gasteiger partial charge in [0, 0.05) is 0 Å². The van der Waals surface area contributed by atoms with Crippen molar-refractivity contribution in [1.82, 2.24) is 14.5 Å². The van der Waals surface area contributed by atoms with Crippen LogP contribution in [0.5, 0.6) is 0 Å². The molecule has 29 heavy (non-hydrogen) atoms. The highest BCUT2D eigenvalue weighted by Crippen LogP contribution is 2.49. The number of nitrogen functional groups attached to an aromatic ring is 1. The fraction of sp³-hybridized carbons (Fsp3) is 0.667. The molecular weight excluding hydrogens is 417 g/mol. The molecule has 3 aliphatic heterocycles. The highest BCUT2D eigenvalue weighted by Gasteiger charge is 2.66. The van der Waals surface area contributed by atoms with Gasteiger partial charge in [-0.1, -0.05) is 0 Å². The summed E-state index contributed by atoms with van der Waals surface area (Å²) in [5.41, 5.74) is 5.86. The maximum Gasteiger partial charge on any atom is 0.271 e. The number of alkyl halides is 1. The Balaban J connectivity index is 1.89. The minimum atomic E-state index is -2.07. The largest absolute Gasteiger partial charge is 0.394 e. The molecule has 2 saturated heterocycles. The predicted molar refractivity (Wildman–Crippen MR) is 95.8 cm³/mol. The van der Waals surface area contributed by atoms with Crippen molar-refractivity contribution in [3.05, 3.63) is 5.28 Å². The van der Waals surface area contributed by atoms with Crippen LogP contribution in [0.4, 0.5) is 21.7 Å². The molecule has 0 spiro atoms. The lowest BCUT2D eigenvalue weighted by Crippen LogP contribution is -2.67. The van der Waals surface area contributed by atoms with Gasteiger partial charge in [0.25, 0.3) is 5.82 Å². The molecule has 2 fully saturated rings. The summed E-state index contributed by atoms with van der Waals surface area (Å²) < 4.78 is 25.4. The number of ether oxygens (including phenoxy) is 2. The van der Waals surface area contributed by atoms with Gasteiger partial charge in [0.1, 0.15) is 24.4 Å². The molecule has 1 aromatic rings. The Morgan fingerprint density at radius 3 is 2.24 bits per heavy atom. The number of hydrogen-bond acceptors (Lipinski definition) is 11. The number of hydrogen-bond donors (Lipinski definition) is 6. The smallest absolute Gasteiger partial charge is 0.271 e. The second-order valence-electron chi connectivity index (χ2n) is 7.04. The number of aromatic nitrogens is 2. The van der Waals surface area contributed by atoms with Crippen LogP contribution >= 0.6 is 11.6 Å². The third-order valence-corrected chi connectivity index (χ3v) is 5.61. The SMILES string of the molecule is Nc1nc(Cl)nc2c1N=C[N+]2([C@@H]1O[C@H](CO)[C@@H](O)[C@H]1O)[C@@H]1O[C@H](CO)[C@@H](O)[C@@H]1F. The van der Waals surface area contributed by atoms with E-state index in [1.54, 1.807) is 0 Å². The van der Waals surface area contributed by atoms with Gasteiger partial charge in [-0.05, 0) is 11.6 Å². The monoisotopic (exact) mass is 436 g/mol. The summed E-state index contributed by atoms with van der Waals surface area (Å²) in [5, 5.41) is 49.5. The summed E-state index contributed by atoms with van der Waals surface area (Å²) in [5.74, 6) is -0.216. The van der Waals surface area contributed by atoms with Gasteiger partial charge in [-0.2, -0.15) is 19.4 Å². The van der Waals surface area contributed by atoms with E-state index in [4.69, 9.17) is 26.8 Å². The van der Waals surface area contributed by atoms with Gasteiger partial charge in [0.05, 0.1) is 13.2 Å². The molecule has 14 heteroatoms. The number of aliphatic imine (C=N–C) groups is 1. The molecule has 0 radical (unpaired) electrons. The summed E-state index contributed by atoms with van der Waals surface area (Å²) in [6.07, 6.45) is -11.3. The van der Waals surface area contributed by atoms with Crippen molar-refractivity contribution in [3.8, 4) is 0 Å². The van der Waals surface area contributed by atoms with Crippen LogP contribution in [0, 0.1) is 0 Å². The van der Waals surface area contributed by atoms with Crippen LogP contribution in [0.2, 0.25) is 5.28 Å². The standard InChI is InChI=1S/C15H20ClFN5O7/c16-15-20-11(18)7-12(21-15)22(3-19-7,13-6(17)8(25)4(1-23)28-13)14-10(27)9(26)5(2-24)29-14/h3-6,8-10,13-14,23-27H,1-2H2,(H2,18,20,21)/q+1/t4-,5-,6+,8-,9-,10-,13-,14-,22?/m1/s1. The first-order chi connectivity index (χ1) is 13.8. The fourth-order valence-electron chi connectivity index (χ4n) is 3.98. The van der Waals surface area contributed by atoms with E-state index in [0.717, 1.165) is 6.34 Å². The predicted octanol–water partition coefficient (Wildman–Crippen LogP) is -2.45. The zero-order valence-corrected chi connectivity index (χ0v) is 15.5. The number of rotatable bonds is 4. The number of halogens is 2. The Bertz CT molecular complexity index is 804. The van der Waals surface area contributed by atoms with E-state index in [1.807, 2.05) is 0 Å². The highest BCUT2D eigenvalue weighted by atomic mass is 35.5. The van der Waals surface area contributed by atoms with E-state index in [-0.39, 0.29) is 22.6 Å². The molecule has 0 aliphatic carbocycles. The molecule has 4 rings (SSSR count). The fourth-order valence-corrected chi connectivity index (χ4v) is 4.15. The van der Waals surface area contributed by atoms with Crippen LogP contribution in [0.15, 0.2) is 4.99 Å². The van der Waals surface area contributed by atoms with E-state index >= 15 is 4.39 Å². The first-order valence-electron chi connectivity index (χ1n) is 8.74. The lowest BCUT2D eigenvalue weighted by Gasteiger charge is -2.40. The van der Waals surface area contributed by atoms with Gasteiger partial charge in [-0.25, -0.2) is 4.39 Å². The lowest BCUT2D eigenvalue weighted by molar-refractivity contribution is -0.141. The third-order valence-electron chi connectivity index (χ3n) is 5.44. The van der Waals surface area contributed by atoms with Crippen LogP contribution in [-0.4, -0.2) is 104 Å². The molecule has 0 bridgehead atoms. The van der Waals surface area contributed by atoms with Gasteiger partial charge >= 0.3 is 0 Å². The Morgan fingerprint density at radius 1 is 1.03 bits per heavy atom. The second kappa shape index (κ2) is 7.30. The molecule has 0 saturated carbocycles. The van der Waals surface area contributed by atoms with Crippen molar-refractivity contribution < 1.29 is 39.4 Å². The number of aliphatic hydroxyl groups is 5. The second-order valence-corrected chi connectivity index (χ2v) is 7.38. The van der Waals surface area contributed by atoms with Crippen molar-refractivity contribution in [2.24, 2.45) is 4.99 Å². The van der Waals surface area contributed by atoms with Crippen LogP contribution < -0.4 is 10.2 Å². The maximum absolute atomic E-state index is 15.1. The third kappa shape index (κ3) is 2.85. The van der Waals surface area contributed by atoms with Gasteiger partial charge < -0.3 is 40.7 Å². The molecule has 0 amide bonds. The topological polar surface area (TPSA) is 184 Å². The number of fused-ring (bicyclic) bond motifs is 1. The Labute approximate surface area is 168 Å². The first kappa shape index (κ1) is 20.7. The van der Waals surface area contributed by atoms with Crippen molar-refractivity contribution in [2.45, 2.75) is 49.1 Å². The number of quaternary nitrogens is 1. The summed E-state index contributed by atoms with van der Waals surface area (Å²) in [6, 6.07) is 0.